The molecule has 0 amide bonds. The van der Waals surface area contributed by atoms with E-state index in [-0.39, 0.29) is 12.4 Å². The van der Waals surface area contributed by atoms with Crippen LogP contribution in [0.1, 0.15) is 17.2 Å². The minimum Gasteiger partial charge on any atom is -0.497 e. The van der Waals surface area contributed by atoms with Gasteiger partial charge >= 0.3 is 6.18 Å². The van der Waals surface area contributed by atoms with Crippen LogP contribution in [0.15, 0.2) is 48.5 Å². The zero-order chi connectivity index (χ0) is 16.2. The number of aliphatic hydroxyl groups excluding tert-OH is 1. The van der Waals surface area contributed by atoms with Gasteiger partial charge in [-0.3, -0.25) is 0 Å². The fraction of sp³-hybridized carbons (Fsp3) is 0.250. The minimum absolute atomic E-state index is 0.0578. The van der Waals surface area contributed by atoms with Crippen molar-refractivity contribution in [3.8, 4) is 11.5 Å². The second-order valence-electron chi connectivity index (χ2n) is 4.63. The average molecular weight is 312 g/mol. The smallest absolute Gasteiger partial charge is 0.416 e. The van der Waals surface area contributed by atoms with Gasteiger partial charge < -0.3 is 14.6 Å². The lowest BCUT2D eigenvalue weighted by Gasteiger charge is -2.14. The monoisotopic (exact) mass is 312 g/mol. The Bertz CT molecular complexity index is 609. The van der Waals surface area contributed by atoms with Gasteiger partial charge in [-0.05, 0) is 35.9 Å². The second kappa shape index (κ2) is 6.70. The van der Waals surface area contributed by atoms with Crippen LogP contribution in [0.5, 0.6) is 11.5 Å². The summed E-state index contributed by atoms with van der Waals surface area (Å²) >= 11 is 0. The summed E-state index contributed by atoms with van der Waals surface area (Å²) in [7, 11) is 1.53. The van der Waals surface area contributed by atoms with Crippen molar-refractivity contribution in [1.82, 2.24) is 0 Å². The van der Waals surface area contributed by atoms with E-state index >= 15 is 0 Å². The molecule has 0 spiro atoms. The van der Waals surface area contributed by atoms with Crippen LogP contribution in [0, 0.1) is 0 Å². The molecule has 1 N–H and O–H groups in total. The minimum atomic E-state index is -4.42. The van der Waals surface area contributed by atoms with Crippen LogP contribution in [0.25, 0.3) is 0 Å². The van der Waals surface area contributed by atoms with Crippen LogP contribution < -0.4 is 9.47 Å². The quantitative estimate of drug-likeness (QED) is 0.912. The van der Waals surface area contributed by atoms with Crippen molar-refractivity contribution in [3.05, 3.63) is 59.7 Å². The third kappa shape index (κ3) is 4.14. The number of rotatable bonds is 5. The summed E-state index contributed by atoms with van der Waals surface area (Å²) in [5.74, 6) is 0.706. The number of benzene rings is 2. The molecule has 1 atom stereocenters. The molecule has 118 valence electrons. The number of hydrogen-bond donors (Lipinski definition) is 1. The lowest BCUT2D eigenvalue weighted by molar-refractivity contribution is -0.137. The molecule has 2 aromatic rings. The van der Waals surface area contributed by atoms with Crippen molar-refractivity contribution in [1.29, 1.82) is 0 Å². The molecule has 0 saturated carbocycles. The summed E-state index contributed by atoms with van der Waals surface area (Å²) in [6.45, 7) is -0.145. The number of aliphatic hydroxyl groups is 1. The molecular formula is C16H15F3O3. The molecule has 0 aliphatic rings. The van der Waals surface area contributed by atoms with E-state index in [1.54, 1.807) is 24.3 Å². The first-order valence-electron chi connectivity index (χ1n) is 6.52. The molecule has 0 radical (unpaired) electrons. The largest absolute Gasteiger partial charge is 0.497 e. The Balaban J connectivity index is 2.00. The summed E-state index contributed by atoms with van der Waals surface area (Å²) in [4.78, 5) is 0. The Morgan fingerprint density at radius 1 is 1.05 bits per heavy atom. The Hall–Kier alpha value is -2.21. The molecule has 2 aromatic carbocycles. The van der Waals surface area contributed by atoms with Gasteiger partial charge in [-0.1, -0.05) is 18.2 Å². The van der Waals surface area contributed by atoms with Gasteiger partial charge in [-0.25, -0.2) is 0 Å². The molecule has 0 aromatic heterocycles. The van der Waals surface area contributed by atoms with Crippen molar-refractivity contribution >= 4 is 0 Å². The SMILES string of the molecule is COc1ccc(C(O)COc2cccc(C(F)(F)F)c2)cc1. The highest BCUT2D eigenvalue weighted by atomic mass is 19.4. The molecule has 1 unspecified atom stereocenters. The van der Waals surface area contributed by atoms with E-state index in [2.05, 4.69) is 0 Å². The highest BCUT2D eigenvalue weighted by Crippen LogP contribution is 2.31. The second-order valence-corrected chi connectivity index (χ2v) is 4.63. The molecule has 0 saturated heterocycles. The highest BCUT2D eigenvalue weighted by molar-refractivity contribution is 5.31. The van der Waals surface area contributed by atoms with E-state index in [1.165, 1.54) is 19.2 Å². The molecule has 22 heavy (non-hydrogen) atoms. The normalized spacial score (nSPS) is 12.8. The fourth-order valence-electron chi connectivity index (χ4n) is 1.86. The van der Waals surface area contributed by atoms with E-state index in [0.29, 0.717) is 11.3 Å². The Labute approximate surface area is 125 Å². The maximum absolute atomic E-state index is 12.6. The third-order valence-electron chi connectivity index (χ3n) is 3.07. The zero-order valence-corrected chi connectivity index (χ0v) is 11.8. The first-order chi connectivity index (χ1) is 10.4. The zero-order valence-electron chi connectivity index (χ0n) is 11.8. The highest BCUT2D eigenvalue weighted by Gasteiger charge is 2.30. The van der Waals surface area contributed by atoms with Crippen molar-refractivity contribution < 1.29 is 27.8 Å². The van der Waals surface area contributed by atoms with E-state index in [0.717, 1.165) is 12.1 Å². The first-order valence-corrected chi connectivity index (χ1v) is 6.52. The number of methoxy groups -OCH3 is 1. The van der Waals surface area contributed by atoms with Crippen molar-refractivity contribution in [2.75, 3.05) is 13.7 Å². The lowest BCUT2D eigenvalue weighted by Crippen LogP contribution is -2.10. The van der Waals surface area contributed by atoms with Crippen LogP contribution in [0.4, 0.5) is 13.2 Å². The summed E-state index contributed by atoms with van der Waals surface area (Å²) < 4.78 is 48.0. The maximum atomic E-state index is 12.6. The third-order valence-corrected chi connectivity index (χ3v) is 3.07. The standard InChI is InChI=1S/C16H15F3O3/c1-21-13-7-5-11(6-8-13)15(20)10-22-14-4-2-3-12(9-14)16(17,18)19/h2-9,15,20H,10H2,1H3. The first kappa shape index (κ1) is 16.2. The van der Waals surface area contributed by atoms with E-state index in [4.69, 9.17) is 9.47 Å². The van der Waals surface area contributed by atoms with Crippen molar-refractivity contribution in [2.45, 2.75) is 12.3 Å². The molecule has 0 aliphatic carbocycles. The average Bonchev–Trinajstić information content (AvgIpc) is 2.52. The molecule has 0 heterocycles. The Morgan fingerprint density at radius 2 is 1.73 bits per heavy atom. The van der Waals surface area contributed by atoms with Gasteiger partial charge in [0, 0.05) is 0 Å². The molecule has 0 aliphatic heterocycles. The summed E-state index contributed by atoms with van der Waals surface area (Å²) in [6, 6.07) is 11.2. The van der Waals surface area contributed by atoms with Gasteiger partial charge in [-0.15, -0.1) is 0 Å². The van der Waals surface area contributed by atoms with Crippen LogP contribution in [0.3, 0.4) is 0 Å². The molecule has 2 rings (SSSR count). The predicted octanol–water partition coefficient (Wildman–Crippen LogP) is 3.83. The molecule has 3 nitrogen and oxygen atoms in total. The number of hydrogen-bond acceptors (Lipinski definition) is 3. The van der Waals surface area contributed by atoms with Crippen LogP contribution in [-0.2, 0) is 6.18 Å². The topological polar surface area (TPSA) is 38.7 Å². The van der Waals surface area contributed by atoms with Crippen LogP contribution in [-0.4, -0.2) is 18.8 Å². The van der Waals surface area contributed by atoms with Crippen molar-refractivity contribution in [2.24, 2.45) is 0 Å². The van der Waals surface area contributed by atoms with Crippen LogP contribution >= 0.6 is 0 Å². The number of alkyl halides is 3. The van der Waals surface area contributed by atoms with Gasteiger partial charge in [0.1, 0.15) is 24.2 Å². The Kier molecular flexibility index (Phi) is 4.92. The summed E-state index contributed by atoms with van der Waals surface area (Å²) in [6.07, 6.45) is -5.37. The van der Waals surface area contributed by atoms with Gasteiger partial charge in [0.15, 0.2) is 0 Å². The molecule has 0 bridgehead atoms. The maximum Gasteiger partial charge on any atom is 0.416 e. The fourth-order valence-corrected chi connectivity index (χ4v) is 1.86. The van der Waals surface area contributed by atoms with Gasteiger partial charge in [0.25, 0.3) is 0 Å². The van der Waals surface area contributed by atoms with Gasteiger partial charge in [0.05, 0.1) is 12.7 Å². The molecular weight excluding hydrogens is 297 g/mol. The van der Waals surface area contributed by atoms with Crippen molar-refractivity contribution in [3.63, 3.8) is 0 Å². The number of halogens is 3. The van der Waals surface area contributed by atoms with Gasteiger partial charge in [0.2, 0.25) is 0 Å². The van der Waals surface area contributed by atoms with E-state index in [9.17, 15) is 18.3 Å². The lowest BCUT2D eigenvalue weighted by atomic mass is 10.1. The Morgan fingerprint density at radius 3 is 2.32 bits per heavy atom. The predicted molar refractivity (Wildman–Crippen MR) is 74.9 cm³/mol. The van der Waals surface area contributed by atoms with Crippen LogP contribution in [0.2, 0.25) is 0 Å². The molecule has 0 fully saturated rings. The van der Waals surface area contributed by atoms with E-state index in [1.807, 2.05) is 0 Å². The summed E-state index contributed by atoms with van der Waals surface area (Å²) in [5, 5.41) is 9.99. The van der Waals surface area contributed by atoms with Gasteiger partial charge in [-0.2, -0.15) is 13.2 Å². The molecule has 6 heteroatoms. The van der Waals surface area contributed by atoms with E-state index < -0.39 is 17.8 Å². The number of ether oxygens (including phenoxy) is 2. The summed E-state index contributed by atoms with van der Waals surface area (Å²) in [5.41, 5.74) is -0.197.